The van der Waals surface area contributed by atoms with E-state index >= 15 is 0 Å². The van der Waals surface area contributed by atoms with Crippen molar-refractivity contribution in [2.75, 3.05) is 0 Å². The number of nitrogens with zero attached hydrogens (tertiary/aromatic N) is 2. The van der Waals surface area contributed by atoms with Gasteiger partial charge in [-0.15, -0.1) is 10.2 Å². The Bertz CT molecular complexity index is 504. The minimum atomic E-state index is -0.253. The molecule has 0 radical (unpaired) electrons. The molecule has 0 bridgehead atoms. The van der Waals surface area contributed by atoms with Gasteiger partial charge in [0, 0.05) is 5.56 Å². The van der Waals surface area contributed by atoms with E-state index in [4.69, 9.17) is 5.73 Å². The second kappa shape index (κ2) is 4.89. The van der Waals surface area contributed by atoms with Crippen LogP contribution in [-0.4, -0.2) is 10.2 Å². The minimum absolute atomic E-state index is 0.0871. The predicted molar refractivity (Wildman–Crippen MR) is 67.3 cm³/mol. The molecule has 2 aromatic rings. The monoisotopic (exact) mass is 251 g/mol. The van der Waals surface area contributed by atoms with Gasteiger partial charge in [-0.1, -0.05) is 18.3 Å². The highest BCUT2D eigenvalue weighted by Gasteiger charge is 2.12. The number of benzene rings is 1. The number of aromatic nitrogens is 2. The zero-order valence-corrected chi connectivity index (χ0v) is 10.6. The molecule has 0 aliphatic carbocycles. The summed E-state index contributed by atoms with van der Waals surface area (Å²) >= 11 is 1.42. The van der Waals surface area contributed by atoms with Gasteiger partial charge in [0.15, 0.2) is 0 Å². The molecule has 90 valence electrons. The smallest absolute Gasteiger partial charge is 0.147 e. The second-order valence-corrected chi connectivity index (χ2v) is 4.99. The lowest BCUT2D eigenvalue weighted by Gasteiger charge is -2.01. The van der Waals surface area contributed by atoms with Crippen molar-refractivity contribution in [3.05, 3.63) is 34.6 Å². The molecule has 2 N–H and O–H groups in total. The van der Waals surface area contributed by atoms with Crippen LogP contribution < -0.4 is 5.73 Å². The largest absolute Gasteiger partial charge is 0.322 e. The van der Waals surface area contributed by atoms with Crippen molar-refractivity contribution in [1.29, 1.82) is 0 Å². The lowest BCUT2D eigenvalue weighted by molar-refractivity contribution is 0.627. The fraction of sp³-hybridized carbons (Fsp3) is 0.333. The summed E-state index contributed by atoms with van der Waals surface area (Å²) < 4.78 is 13.3. The highest BCUT2D eigenvalue weighted by molar-refractivity contribution is 7.14. The Kier molecular flexibility index (Phi) is 3.49. The summed E-state index contributed by atoms with van der Waals surface area (Å²) in [4.78, 5) is 0. The molecule has 0 saturated heterocycles. The van der Waals surface area contributed by atoms with Crippen molar-refractivity contribution in [2.45, 2.75) is 26.3 Å². The first-order chi connectivity index (χ1) is 8.10. The lowest BCUT2D eigenvalue weighted by Crippen LogP contribution is -2.07. The van der Waals surface area contributed by atoms with Gasteiger partial charge in [0.05, 0.1) is 6.04 Å². The normalized spacial score (nSPS) is 12.7. The van der Waals surface area contributed by atoms with Gasteiger partial charge in [-0.25, -0.2) is 4.39 Å². The molecule has 1 aromatic heterocycles. The number of rotatable bonds is 3. The number of hydrogen-bond acceptors (Lipinski definition) is 4. The maximum absolute atomic E-state index is 13.3. The molecule has 1 aromatic carbocycles. The summed E-state index contributed by atoms with van der Waals surface area (Å²) in [5.74, 6) is -0.253. The quantitative estimate of drug-likeness (QED) is 0.912. The first kappa shape index (κ1) is 12.1. The van der Waals surface area contributed by atoms with Crippen molar-refractivity contribution in [3.63, 3.8) is 0 Å². The molecule has 1 atom stereocenters. The van der Waals surface area contributed by atoms with Crippen LogP contribution in [0, 0.1) is 12.7 Å². The number of nitrogens with two attached hydrogens (primary N) is 1. The zero-order chi connectivity index (χ0) is 12.4. The van der Waals surface area contributed by atoms with E-state index < -0.39 is 0 Å². The fourth-order valence-electron chi connectivity index (χ4n) is 1.54. The molecule has 0 spiro atoms. The maximum atomic E-state index is 13.3. The lowest BCUT2D eigenvalue weighted by atomic mass is 10.1. The third-order valence-corrected chi connectivity index (χ3v) is 3.59. The van der Waals surface area contributed by atoms with Gasteiger partial charge in [-0.2, -0.15) is 0 Å². The van der Waals surface area contributed by atoms with E-state index in [-0.39, 0.29) is 11.9 Å². The standard InChI is InChI=1S/C12H14FN3S/c1-3-10(14)12-16-15-11(17-12)8-4-7(2)5-9(13)6-8/h4-6,10H,3,14H2,1-2H3. The third kappa shape index (κ3) is 2.68. The van der Waals surface area contributed by atoms with Gasteiger partial charge < -0.3 is 5.73 Å². The van der Waals surface area contributed by atoms with Crippen LogP contribution in [0.5, 0.6) is 0 Å². The maximum Gasteiger partial charge on any atom is 0.147 e. The molecular weight excluding hydrogens is 237 g/mol. The fourth-order valence-corrected chi connectivity index (χ4v) is 2.45. The predicted octanol–water partition coefficient (Wildman–Crippen LogP) is 3.06. The molecule has 3 nitrogen and oxygen atoms in total. The average molecular weight is 251 g/mol. The van der Waals surface area contributed by atoms with E-state index in [1.807, 2.05) is 19.9 Å². The number of aryl methyl sites for hydroxylation is 1. The first-order valence-electron chi connectivity index (χ1n) is 5.46. The molecule has 0 fully saturated rings. The van der Waals surface area contributed by atoms with Crippen molar-refractivity contribution in [1.82, 2.24) is 10.2 Å². The Morgan fingerprint density at radius 2 is 2.12 bits per heavy atom. The van der Waals surface area contributed by atoms with Crippen LogP contribution in [0.25, 0.3) is 10.6 Å². The number of halogens is 1. The summed E-state index contributed by atoms with van der Waals surface area (Å²) in [5, 5.41) is 9.61. The Morgan fingerprint density at radius 3 is 2.76 bits per heavy atom. The second-order valence-electron chi connectivity index (χ2n) is 3.98. The highest BCUT2D eigenvalue weighted by atomic mass is 32.1. The molecule has 0 saturated carbocycles. The van der Waals surface area contributed by atoms with Crippen molar-refractivity contribution < 1.29 is 4.39 Å². The topological polar surface area (TPSA) is 51.8 Å². The summed E-state index contributed by atoms with van der Waals surface area (Å²) in [6, 6.07) is 4.76. The molecule has 0 amide bonds. The average Bonchev–Trinajstić information content (AvgIpc) is 2.76. The van der Waals surface area contributed by atoms with Crippen LogP contribution in [-0.2, 0) is 0 Å². The Morgan fingerprint density at radius 1 is 1.35 bits per heavy atom. The van der Waals surface area contributed by atoms with Gasteiger partial charge in [0.2, 0.25) is 0 Å². The van der Waals surface area contributed by atoms with E-state index in [0.717, 1.165) is 22.6 Å². The molecule has 5 heteroatoms. The van der Waals surface area contributed by atoms with Gasteiger partial charge in [0.25, 0.3) is 0 Å². The van der Waals surface area contributed by atoms with E-state index in [9.17, 15) is 4.39 Å². The van der Waals surface area contributed by atoms with E-state index in [0.29, 0.717) is 5.01 Å². The van der Waals surface area contributed by atoms with Gasteiger partial charge >= 0.3 is 0 Å². The van der Waals surface area contributed by atoms with E-state index in [1.54, 1.807) is 0 Å². The molecule has 0 aliphatic rings. The van der Waals surface area contributed by atoms with E-state index in [2.05, 4.69) is 10.2 Å². The Hall–Kier alpha value is -1.33. The first-order valence-corrected chi connectivity index (χ1v) is 6.28. The molecule has 17 heavy (non-hydrogen) atoms. The molecule has 1 heterocycles. The van der Waals surface area contributed by atoms with Crippen LogP contribution in [0.2, 0.25) is 0 Å². The van der Waals surface area contributed by atoms with Crippen molar-refractivity contribution in [2.24, 2.45) is 5.73 Å². The minimum Gasteiger partial charge on any atom is -0.322 e. The van der Waals surface area contributed by atoms with Crippen LogP contribution in [0.4, 0.5) is 4.39 Å². The van der Waals surface area contributed by atoms with Crippen LogP contribution in [0.1, 0.15) is 30.0 Å². The third-order valence-electron chi connectivity index (χ3n) is 2.49. The van der Waals surface area contributed by atoms with Gasteiger partial charge in [-0.05, 0) is 37.1 Å². The SMILES string of the molecule is CCC(N)c1nnc(-c2cc(C)cc(F)c2)s1. The Labute approximate surface area is 104 Å². The van der Waals surface area contributed by atoms with Gasteiger partial charge in [0.1, 0.15) is 15.8 Å². The van der Waals surface area contributed by atoms with Crippen LogP contribution in [0.15, 0.2) is 18.2 Å². The van der Waals surface area contributed by atoms with Crippen molar-refractivity contribution >= 4 is 11.3 Å². The zero-order valence-electron chi connectivity index (χ0n) is 9.77. The summed E-state index contributed by atoms with van der Waals surface area (Å²) in [6.07, 6.45) is 0.816. The summed E-state index contributed by atoms with van der Waals surface area (Å²) in [5.41, 5.74) is 7.51. The van der Waals surface area contributed by atoms with Crippen molar-refractivity contribution in [3.8, 4) is 10.6 Å². The Balaban J connectivity index is 2.36. The van der Waals surface area contributed by atoms with Crippen LogP contribution >= 0.6 is 11.3 Å². The van der Waals surface area contributed by atoms with Gasteiger partial charge in [-0.3, -0.25) is 0 Å². The van der Waals surface area contributed by atoms with E-state index in [1.165, 1.54) is 23.5 Å². The van der Waals surface area contributed by atoms with Crippen LogP contribution in [0.3, 0.4) is 0 Å². The molecule has 2 rings (SSSR count). The summed E-state index contributed by atoms with van der Waals surface area (Å²) in [6.45, 7) is 3.85. The molecule has 1 unspecified atom stereocenters. The highest BCUT2D eigenvalue weighted by Crippen LogP contribution is 2.28. The molecule has 0 aliphatic heterocycles. The summed E-state index contributed by atoms with van der Waals surface area (Å²) in [7, 11) is 0. The number of hydrogen-bond donors (Lipinski definition) is 1. The molecular formula is C12H14FN3S.